The maximum absolute atomic E-state index is 13.1. The molecule has 6 nitrogen and oxygen atoms in total. The van der Waals surface area contributed by atoms with Crippen LogP contribution in [-0.2, 0) is 7.05 Å². The molecule has 1 saturated heterocycles. The van der Waals surface area contributed by atoms with Crippen molar-refractivity contribution >= 4 is 5.91 Å². The first-order valence-electron chi connectivity index (χ1n) is 8.76. The summed E-state index contributed by atoms with van der Waals surface area (Å²) in [5.41, 5.74) is 2.70. The van der Waals surface area contributed by atoms with E-state index in [1.807, 2.05) is 33.8 Å². The molecule has 3 rings (SSSR count). The summed E-state index contributed by atoms with van der Waals surface area (Å²) in [6.07, 6.45) is 1.77. The van der Waals surface area contributed by atoms with Crippen LogP contribution in [-0.4, -0.2) is 27.1 Å². The van der Waals surface area contributed by atoms with Crippen LogP contribution in [0.15, 0.2) is 21.5 Å². The molecule has 3 heterocycles. The number of aryl methyl sites for hydroxylation is 2. The minimum Gasteiger partial charge on any atom is -0.361 e. The van der Waals surface area contributed by atoms with Gasteiger partial charge < -0.3 is 14.0 Å². The maximum Gasteiger partial charge on any atom is 0.263 e. The number of aromatic nitrogens is 2. The van der Waals surface area contributed by atoms with Crippen LogP contribution in [0.25, 0.3) is 0 Å². The molecule has 2 aromatic heterocycles. The summed E-state index contributed by atoms with van der Waals surface area (Å²) in [6.45, 7) is 8.47. The summed E-state index contributed by atoms with van der Waals surface area (Å²) in [6, 6.07) is 3.47. The Morgan fingerprint density at radius 3 is 2.64 bits per heavy atom. The van der Waals surface area contributed by atoms with E-state index < -0.39 is 0 Å². The molecular weight excluding hydrogens is 318 g/mol. The van der Waals surface area contributed by atoms with Crippen molar-refractivity contribution in [1.82, 2.24) is 14.6 Å². The van der Waals surface area contributed by atoms with E-state index >= 15 is 0 Å². The van der Waals surface area contributed by atoms with Crippen molar-refractivity contribution in [3.63, 3.8) is 0 Å². The zero-order valence-corrected chi connectivity index (χ0v) is 15.5. The van der Waals surface area contributed by atoms with E-state index in [4.69, 9.17) is 4.52 Å². The molecule has 0 saturated carbocycles. The monoisotopic (exact) mass is 343 g/mol. The number of carbonyl (C=O) groups excluding carboxylic acids is 1. The molecule has 0 N–H and O–H groups in total. The van der Waals surface area contributed by atoms with Gasteiger partial charge in [-0.2, -0.15) is 0 Å². The Hall–Kier alpha value is -2.37. The Kier molecular flexibility index (Phi) is 4.54. The molecule has 1 amide bonds. The summed E-state index contributed by atoms with van der Waals surface area (Å²) in [5, 5.41) is 4.01. The number of likely N-dealkylation sites (tertiary alicyclic amines) is 1. The second-order valence-corrected chi connectivity index (χ2v) is 7.09. The van der Waals surface area contributed by atoms with Gasteiger partial charge in [0.05, 0.1) is 11.7 Å². The number of pyridine rings is 1. The van der Waals surface area contributed by atoms with E-state index in [0.29, 0.717) is 6.54 Å². The molecule has 1 aliphatic heterocycles. The molecule has 2 aromatic rings. The Morgan fingerprint density at radius 2 is 2.04 bits per heavy atom. The molecule has 0 aliphatic carbocycles. The smallest absolute Gasteiger partial charge is 0.263 e. The first-order chi connectivity index (χ1) is 11.8. The second-order valence-electron chi connectivity index (χ2n) is 7.09. The van der Waals surface area contributed by atoms with E-state index in [1.165, 1.54) is 0 Å². The molecular formula is C19H25N3O3. The van der Waals surface area contributed by atoms with Crippen LogP contribution in [0.4, 0.5) is 0 Å². The molecule has 1 atom stereocenters. The topological polar surface area (TPSA) is 68.3 Å². The predicted molar refractivity (Wildman–Crippen MR) is 94.8 cm³/mol. The van der Waals surface area contributed by atoms with Crippen molar-refractivity contribution in [3.05, 3.63) is 50.8 Å². The van der Waals surface area contributed by atoms with Gasteiger partial charge in [-0.05, 0) is 44.7 Å². The summed E-state index contributed by atoms with van der Waals surface area (Å²) in [4.78, 5) is 27.6. The maximum atomic E-state index is 13.1. The fourth-order valence-corrected chi connectivity index (χ4v) is 3.82. The molecule has 6 heteroatoms. The summed E-state index contributed by atoms with van der Waals surface area (Å²) in [5.74, 6) is 0.757. The van der Waals surface area contributed by atoms with Crippen LogP contribution in [0, 0.1) is 13.8 Å². The van der Waals surface area contributed by atoms with Crippen LogP contribution >= 0.6 is 0 Å². The third kappa shape index (κ3) is 2.90. The average Bonchev–Trinajstić information content (AvgIpc) is 3.15. The van der Waals surface area contributed by atoms with Gasteiger partial charge in [0.2, 0.25) is 0 Å². The minimum atomic E-state index is -0.236. The van der Waals surface area contributed by atoms with E-state index in [9.17, 15) is 9.59 Å². The first-order valence-corrected chi connectivity index (χ1v) is 8.76. The molecule has 0 unspecified atom stereocenters. The van der Waals surface area contributed by atoms with E-state index in [-0.39, 0.29) is 29.0 Å². The number of hydrogen-bond acceptors (Lipinski definition) is 4. The molecule has 1 fully saturated rings. The second kappa shape index (κ2) is 6.50. The normalized spacial score (nSPS) is 17.5. The van der Waals surface area contributed by atoms with Crippen LogP contribution in [0.1, 0.15) is 71.7 Å². The van der Waals surface area contributed by atoms with Gasteiger partial charge in [0.25, 0.3) is 11.5 Å². The highest BCUT2D eigenvalue weighted by atomic mass is 16.5. The summed E-state index contributed by atoms with van der Waals surface area (Å²) < 4.78 is 6.85. The van der Waals surface area contributed by atoms with Gasteiger partial charge in [0.1, 0.15) is 11.3 Å². The number of carbonyl (C=O) groups is 1. The van der Waals surface area contributed by atoms with Gasteiger partial charge in [-0.15, -0.1) is 0 Å². The molecule has 25 heavy (non-hydrogen) atoms. The van der Waals surface area contributed by atoms with Gasteiger partial charge in [-0.1, -0.05) is 19.0 Å². The molecule has 134 valence electrons. The fourth-order valence-electron chi connectivity index (χ4n) is 3.82. The van der Waals surface area contributed by atoms with Crippen molar-refractivity contribution in [3.8, 4) is 0 Å². The minimum absolute atomic E-state index is 0.0757. The third-order valence-corrected chi connectivity index (χ3v) is 5.10. The lowest BCUT2D eigenvalue weighted by atomic mass is 10.0. The SMILES string of the molecule is Cc1noc(C)c1[C@@H]1CCCN1C(=O)c1ccc(C(C)C)n(C)c1=O. The zero-order valence-electron chi connectivity index (χ0n) is 15.5. The van der Waals surface area contributed by atoms with Crippen LogP contribution in [0.2, 0.25) is 0 Å². The van der Waals surface area contributed by atoms with Crippen molar-refractivity contribution < 1.29 is 9.32 Å². The highest BCUT2D eigenvalue weighted by Crippen LogP contribution is 2.36. The summed E-state index contributed by atoms with van der Waals surface area (Å²) >= 11 is 0. The van der Waals surface area contributed by atoms with Gasteiger partial charge in [-0.25, -0.2) is 0 Å². The lowest BCUT2D eigenvalue weighted by Gasteiger charge is -2.25. The van der Waals surface area contributed by atoms with Gasteiger partial charge in [-0.3, -0.25) is 9.59 Å². The Labute approximate surface area is 147 Å². The Morgan fingerprint density at radius 1 is 1.32 bits per heavy atom. The van der Waals surface area contributed by atoms with Crippen LogP contribution in [0.5, 0.6) is 0 Å². The van der Waals surface area contributed by atoms with Crippen LogP contribution < -0.4 is 5.56 Å². The number of amides is 1. The van der Waals surface area contributed by atoms with Crippen molar-refractivity contribution in [2.45, 2.75) is 52.5 Å². The molecule has 0 bridgehead atoms. The van der Waals surface area contributed by atoms with Crippen molar-refractivity contribution in [1.29, 1.82) is 0 Å². The Bertz CT molecular complexity index is 844. The van der Waals surface area contributed by atoms with Gasteiger partial charge >= 0.3 is 0 Å². The van der Waals surface area contributed by atoms with E-state index in [1.54, 1.807) is 22.6 Å². The molecule has 0 radical (unpaired) electrons. The highest BCUT2D eigenvalue weighted by Gasteiger charge is 2.35. The fraction of sp³-hybridized carbons (Fsp3) is 0.526. The quantitative estimate of drug-likeness (QED) is 0.859. The van der Waals surface area contributed by atoms with E-state index in [2.05, 4.69) is 5.16 Å². The lowest BCUT2D eigenvalue weighted by Crippen LogP contribution is -2.36. The largest absolute Gasteiger partial charge is 0.361 e. The highest BCUT2D eigenvalue weighted by molar-refractivity contribution is 5.94. The Balaban J connectivity index is 1.98. The zero-order chi connectivity index (χ0) is 18.3. The third-order valence-electron chi connectivity index (χ3n) is 5.10. The number of rotatable bonds is 3. The predicted octanol–water partition coefficient (Wildman–Crippen LogP) is 3.09. The average molecular weight is 343 g/mol. The van der Waals surface area contributed by atoms with Gasteiger partial charge in [0.15, 0.2) is 0 Å². The standard InChI is InChI=1S/C19H25N3O3/c1-11(2)15-9-8-14(18(23)21(15)5)19(24)22-10-6-7-16(22)17-12(3)20-25-13(17)4/h8-9,11,16H,6-7,10H2,1-5H3/t16-/m0/s1. The summed E-state index contributed by atoms with van der Waals surface area (Å²) in [7, 11) is 1.73. The molecule has 1 aliphatic rings. The first kappa shape index (κ1) is 17.5. The number of nitrogens with zero attached hydrogens (tertiary/aromatic N) is 3. The van der Waals surface area contributed by atoms with E-state index in [0.717, 1.165) is 35.6 Å². The van der Waals surface area contributed by atoms with Gasteiger partial charge in [0, 0.05) is 24.8 Å². The number of hydrogen-bond donors (Lipinski definition) is 0. The molecule has 0 aromatic carbocycles. The molecule has 0 spiro atoms. The lowest BCUT2D eigenvalue weighted by molar-refractivity contribution is 0.0732. The van der Waals surface area contributed by atoms with Crippen molar-refractivity contribution in [2.75, 3.05) is 6.54 Å². The van der Waals surface area contributed by atoms with Crippen molar-refractivity contribution in [2.24, 2.45) is 7.05 Å². The van der Waals surface area contributed by atoms with Crippen LogP contribution in [0.3, 0.4) is 0 Å².